The van der Waals surface area contributed by atoms with E-state index in [1.54, 1.807) is 7.11 Å². The van der Waals surface area contributed by atoms with E-state index >= 15 is 0 Å². The molecule has 90 valence electrons. The second-order valence-corrected chi connectivity index (χ2v) is 4.67. The summed E-state index contributed by atoms with van der Waals surface area (Å²) in [5, 5.41) is 0. The van der Waals surface area contributed by atoms with Crippen LogP contribution in [0.5, 0.6) is 0 Å². The summed E-state index contributed by atoms with van der Waals surface area (Å²) in [6.45, 7) is 5.77. The number of benzene rings is 1. The van der Waals surface area contributed by atoms with Crippen molar-refractivity contribution in [2.75, 3.05) is 32.5 Å². The van der Waals surface area contributed by atoms with Gasteiger partial charge in [-0.2, -0.15) is 0 Å². The van der Waals surface area contributed by atoms with Crippen LogP contribution in [0, 0.1) is 0 Å². The molecule has 0 spiro atoms. The smallest absolute Gasteiger partial charge is 0.0589 e. The van der Waals surface area contributed by atoms with Crippen molar-refractivity contribution in [3.63, 3.8) is 0 Å². The average molecular weight is 287 g/mol. The Hall–Kier alpha value is -0.580. The Morgan fingerprint density at radius 1 is 1.38 bits per heavy atom. The molecule has 0 radical (unpaired) electrons. The zero-order chi connectivity index (χ0) is 12.0. The Balaban J connectivity index is 2.62. The Bertz CT molecular complexity index is 311. The number of anilines is 1. The molecule has 0 aliphatic heterocycles. The summed E-state index contributed by atoms with van der Waals surface area (Å²) < 4.78 is 6.12. The molecule has 0 saturated heterocycles. The molecule has 1 aromatic rings. The number of halogens is 1. The van der Waals surface area contributed by atoms with Gasteiger partial charge in [-0.05, 0) is 30.3 Å². The fourth-order valence-corrected chi connectivity index (χ4v) is 2.15. The summed E-state index contributed by atoms with van der Waals surface area (Å²) in [5.41, 5.74) is 7.83. The molecule has 0 aliphatic carbocycles. The minimum absolute atomic E-state index is 0.761. The third-order valence-corrected chi connectivity index (χ3v) is 2.90. The first-order chi connectivity index (χ1) is 7.65. The van der Waals surface area contributed by atoms with Crippen molar-refractivity contribution in [3.8, 4) is 0 Å². The van der Waals surface area contributed by atoms with Crippen molar-refractivity contribution in [1.29, 1.82) is 0 Å². The lowest BCUT2D eigenvalue weighted by Crippen LogP contribution is -2.26. The largest absolute Gasteiger partial charge is 0.399 e. The van der Waals surface area contributed by atoms with Gasteiger partial charge < -0.3 is 10.5 Å². The summed E-state index contributed by atoms with van der Waals surface area (Å²) in [5.74, 6) is 0. The molecule has 0 aliphatic rings. The van der Waals surface area contributed by atoms with Gasteiger partial charge in [-0.25, -0.2) is 0 Å². The maximum absolute atomic E-state index is 5.80. The van der Waals surface area contributed by atoms with E-state index < -0.39 is 0 Å². The lowest BCUT2D eigenvalue weighted by molar-refractivity contribution is 0.147. The molecule has 0 saturated carbocycles. The lowest BCUT2D eigenvalue weighted by atomic mass is 10.2. The number of hydrogen-bond donors (Lipinski definition) is 1. The monoisotopic (exact) mass is 286 g/mol. The second kappa shape index (κ2) is 6.89. The van der Waals surface area contributed by atoms with Crippen LogP contribution in [0.15, 0.2) is 22.7 Å². The zero-order valence-electron chi connectivity index (χ0n) is 9.87. The third-order valence-electron chi connectivity index (χ3n) is 2.44. The highest BCUT2D eigenvalue weighted by Gasteiger charge is 2.04. The summed E-state index contributed by atoms with van der Waals surface area (Å²) in [6, 6.07) is 6.03. The van der Waals surface area contributed by atoms with Gasteiger partial charge in [0.05, 0.1) is 6.61 Å². The molecule has 0 heterocycles. The van der Waals surface area contributed by atoms with Crippen molar-refractivity contribution < 1.29 is 4.74 Å². The predicted molar refractivity (Wildman–Crippen MR) is 71.4 cm³/mol. The minimum atomic E-state index is 0.761. The molecular weight excluding hydrogens is 268 g/mol. The van der Waals surface area contributed by atoms with Gasteiger partial charge in [0.2, 0.25) is 0 Å². The minimum Gasteiger partial charge on any atom is -0.399 e. The third kappa shape index (κ3) is 4.51. The topological polar surface area (TPSA) is 38.5 Å². The number of rotatable bonds is 6. The van der Waals surface area contributed by atoms with Crippen molar-refractivity contribution >= 4 is 21.6 Å². The Morgan fingerprint density at radius 2 is 2.12 bits per heavy atom. The fraction of sp³-hybridized carbons (Fsp3) is 0.500. The molecule has 0 fully saturated rings. The van der Waals surface area contributed by atoms with Gasteiger partial charge in [0.1, 0.15) is 0 Å². The molecule has 16 heavy (non-hydrogen) atoms. The van der Waals surface area contributed by atoms with E-state index in [-0.39, 0.29) is 0 Å². The molecule has 0 aromatic heterocycles. The maximum Gasteiger partial charge on any atom is 0.0589 e. The molecule has 0 unspecified atom stereocenters. The summed E-state index contributed by atoms with van der Waals surface area (Å²) >= 11 is 3.45. The molecule has 4 heteroatoms. The number of hydrogen-bond acceptors (Lipinski definition) is 3. The molecule has 1 rings (SSSR count). The average Bonchev–Trinajstić information content (AvgIpc) is 2.22. The van der Waals surface area contributed by atoms with Crippen LogP contribution >= 0.6 is 15.9 Å². The summed E-state index contributed by atoms with van der Waals surface area (Å²) in [4.78, 5) is 2.32. The van der Waals surface area contributed by atoms with Crippen LogP contribution in [-0.4, -0.2) is 31.7 Å². The molecule has 0 amide bonds. The van der Waals surface area contributed by atoms with E-state index in [1.807, 2.05) is 12.1 Å². The molecule has 0 atom stereocenters. The Labute approximate surface area is 106 Å². The van der Waals surface area contributed by atoms with Crippen molar-refractivity contribution in [3.05, 3.63) is 28.2 Å². The fourth-order valence-electron chi connectivity index (χ4n) is 1.59. The molecule has 1 aromatic carbocycles. The van der Waals surface area contributed by atoms with Crippen LogP contribution in [0.2, 0.25) is 0 Å². The molecule has 3 nitrogen and oxygen atoms in total. The highest BCUT2D eigenvalue weighted by molar-refractivity contribution is 9.10. The van der Waals surface area contributed by atoms with Crippen LogP contribution in [-0.2, 0) is 11.3 Å². The van der Waals surface area contributed by atoms with Gasteiger partial charge in [0.15, 0.2) is 0 Å². The molecule has 2 N–H and O–H groups in total. The van der Waals surface area contributed by atoms with Crippen LogP contribution in [0.25, 0.3) is 0 Å². The van der Waals surface area contributed by atoms with Crippen molar-refractivity contribution in [1.82, 2.24) is 4.90 Å². The highest BCUT2D eigenvalue weighted by atomic mass is 79.9. The summed E-state index contributed by atoms with van der Waals surface area (Å²) in [7, 11) is 1.73. The first-order valence-electron chi connectivity index (χ1n) is 5.42. The Morgan fingerprint density at radius 3 is 2.69 bits per heavy atom. The maximum atomic E-state index is 5.80. The number of nitrogen functional groups attached to an aromatic ring is 1. The number of nitrogens with zero attached hydrogens (tertiary/aromatic N) is 1. The van der Waals surface area contributed by atoms with E-state index in [0.29, 0.717) is 0 Å². The SMILES string of the molecule is CCN(CCOC)Cc1cc(N)cc(Br)c1. The van der Waals surface area contributed by atoms with E-state index in [4.69, 9.17) is 10.5 Å². The van der Waals surface area contributed by atoms with Gasteiger partial charge in [0.25, 0.3) is 0 Å². The van der Waals surface area contributed by atoms with Gasteiger partial charge in [-0.1, -0.05) is 22.9 Å². The van der Waals surface area contributed by atoms with Crippen molar-refractivity contribution in [2.24, 2.45) is 0 Å². The van der Waals surface area contributed by atoms with Gasteiger partial charge >= 0.3 is 0 Å². The first kappa shape index (κ1) is 13.5. The second-order valence-electron chi connectivity index (χ2n) is 3.75. The van der Waals surface area contributed by atoms with E-state index in [0.717, 1.165) is 36.4 Å². The van der Waals surface area contributed by atoms with E-state index in [1.165, 1.54) is 5.56 Å². The van der Waals surface area contributed by atoms with Crippen LogP contribution in [0.1, 0.15) is 12.5 Å². The standard InChI is InChI=1S/C12H19BrN2O/c1-3-15(4-5-16-2)9-10-6-11(13)8-12(14)7-10/h6-8H,3-5,9,14H2,1-2H3. The summed E-state index contributed by atoms with van der Waals surface area (Å²) in [6.07, 6.45) is 0. The first-order valence-corrected chi connectivity index (χ1v) is 6.21. The van der Waals surface area contributed by atoms with E-state index in [9.17, 15) is 0 Å². The molecule has 0 bridgehead atoms. The quantitative estimate of drug-likeness (QED) is 0.817. The highest BCUT2D eigenvalue weighted by Crippen LogP contribution is 2.18. The normalized spacial score (nSPS) is 11.0. The van der Waals surface area contributed by atoms with Gasteiger partial charge in [-0.15, -0.1) is 0 Å². The van der Waals surface area contributed by atoms with Crippen LogP contribution < -0.4 is 5.73 Å². The zero-order valence-corrected chi connectivity index (χ0v) is 11.5. The lowest BCUT2D eigenvalue weighted by Gasteiger charge is -2.20. The van der Waals surface area contributed by atoms with Gasteiger partial charge in [0, 0.05) is 30.4 Å². The number of likely N-dealkylation sites (N-methyl/N-ethyl adjacent to an activating group) is 1. The molecular formula is C12H19BrN2O. The number of methoxy groups -OCH3 is 1. The van der Waals surface area contributed by atoms with Crippen LogP contribution in [0.3, 0.4) is 0 Å². The Kier molecular flexibility index (Phi) is 5.80. The van der Waals surface area contributed by atoms with Crippen molar-refractivity contribution in [2.45, 2.75) is 13.5 Å². The van der Waals surface area contributed by atoms with E-state index in [2.05, 4.69) is 33.8 Å². The van der Waals surface area contributed by atoms with Crippen LogP contribution in [0.4, 0.5) is 5.69 Å². The predicted octanol–water partition coefficient (Wildman–Crippen LogP) is 2.50. The number of ether oxygens (including phenoxy) is 1. The van der Waals surface area contributed by atoms with Gasteiger partial charge in [-0.3, -0.25) is 4.90 Å². The number of nitrogens with two attached hydrogens (primary N) is 1.